The lowest BCUT2D eigenvalue weighted by molar-refractivity contribution is -0.436. The summed E-state index contributed by atoms with van der Waals surface area (Å²) in [5, 5.41) is 11.8. The molecule has 1 atom stereocenters. The first-order valence-electron chi connectivity index (χ1n) is 5.69. The number of carboxylic acids is 1. The summed E-state index contributed by atoms with van der Waals surface area (Å²) in [7, 11) is 3.53. The van der Waals surface area contributed by atoms with Crippen molar-refractivity contribution in [2.45, 2.75) is 12.5 Å². The van der Waals surface area contributed by atoms with Gasteiger partial charge in [-0.15, -0.1) is 0 Å². The van der Waals surface area contributed by atoms with E-state index in [4.69, 9.17) is 4.74 Å². The van der Waals surface area contributed by atoms with E-state index >= 15 is 0 Å². The third-order valence-electron chi connectivity index (χ3n) is 3.07. The van der Waals surface area contributed by atoms with Crippen LogP contribution in [0.5, 0.6) is 5.75 Å². The molecule has 96 valence electrons. The first-order valence-corrected chi connectivity index (χ1v) is 5.69. The SMILES string of the molecule is COc1cccc2c(C[C@@H]([NH3+])C(=O)[O-])cn(C)c12. The predicted molar refractivity (Wildman–Crippen MR) is 64.9 cm³/mol. The molecule has 0 unspecified atom stereocenters. The molecule has 5 nitrogen and oxygen atoms in total. The van der Waals surface area contributed by atoms with Crippen LogP contribution in [-0.2, 0) is 18.3 Å². The van der Waals surface area contributed by atoms with Crippen molar-refractivity contribution < 1.29 is 20.4 Å². The minimum absolute atomic E-state index is 0.354. The Kier molecular flexibility index (Phi) is 3.25. The summed E-state index contributed by atoms with van der Waals surface area (Å²) in [6, 6.07) is 4.98. The van der Waals surface area contributed by atoms with E-state index in [0.717, 1.165) is 22.2 Å². The number of para-hydroxylation sites is 1. The monoisotopic (exact) mass is 248 g/mol. The second-order valence-corrected chi connectivity index (χ2v) is 4.34. The molecule has 2 aromatic rings. The number of hydrogen-bond acceptors (Lipinski definition) is 3. The molecule has 1 aromatic carbocycles. The van der Waals surface area contributed by atoms with Crippen LogP contribution in [0.3, 0.4) is 0 Å². The molecule has 3 N–H and O–H groups in total. The van der Waals surface area contributed by atoms with Gasteiger partial charge in [0.15, 0.2) is 0 Å². The van der Waals surface area contributed by atoms with Crippen molar-refractivity contribution in [3.8, 4) is 5.75 Å². The van der Waals surface area contributed by atoms with Crippen LogP contribution in [0.25, 0.3) is 10.9 Å². The minimum atomic E-state index is -1.13. The highest BCUT2D eigenvalue weighted by molar-refractivity contribution is 5.89. The highest BCUT2D eigenvalue weighted by Gasteiger charge is 2.15. The van der Waals surface area contributed by atoms with E-state index < -0.39 is 12.0 Å². The number of aryl methyl sites for hydroxylation is 1. The van der Waals surface area contributed by atoms with Gasteiger partial charge < -0.3 is 24.9 Å². The van der Waals surface area contributed by atoms with Gasteiger partial charge in [0.2, 0.25) is 0 Å². The lowest BCUT2D eigenvalue weighted by atomic mass is 10.1. The second-order valence-electron chi connectivity index (χ2n) is 4.34. The number of aromatic nitrogens is 1. The number of nitrogens with zero attached hydrogens (tertiary/aromatic N) is 1. The number of fused-ring (bicyclic) bond motifs is 1. The van der Waals surface area contributed by atoms with E-state index in [1.165, 1.54) is 0 Å². The maximum atomic E-state index is 10.8. The third-order valence-corrected chi connectivity index (χ3v) is 3.07. The minimum Gasteiger partial charge on any atom is -0.544 e. The van der Waals surface area contributed by atoms with E-state index in [0.29, 0.717) is 6.42 Å². The van der Waals surface area contributed by atoms with E-state index in [9.17, 15) is 9.90 Å². The fraction of sp³-hybridized carbons (Fsp3) is 0.308. The number of rotatable bonds is 4. The Morgan fingerprint density at radius 1 is 1.56 bits per heavy atom. The Balaban J connectivity index is 2.50. The van der Waals surface area contributed by atoms with E-state index in [1.54, 1.807) is 7.11 Å². The van der Waals surface area contributed by atoms with Crippen LogP contribution in [0.1, 0.15) is 5.56 Å². The van der Waals surface area contributed by atoms with Gasteiger partial charge in [-0.25, -0.2) is 0 Å². The Labute approximate surface area is 105 Å². The maximum Gasteiger partial charge on any atom is 0.143 e. The van der Waals surface area contributed by atoms with Gasteiger partial charge in [-0.05, 0) is 11.6 Å². The van der Waals surface area contributed by atoms with Gasteiger partial charge in [0.25, 0.3) is 0 Å². The molecule has 2 rings (SSSR count). The van der Waals surface area contributed by atoms with Crippen LogP contribution in [-0.4, -0.2) is 23.7 Å². The van der Waals surface area contributed by atoms with Gasteiger partial charge in [0.05, 0.1) is 18.6 Å². The number of carboxylic acid groups (broad SMARTS) is 1. The number of carbonyl (C=O) groups is 1. The molecular formula is C13H16N2O3. The normalized spacial score (nSPS) is 12.6. The average molecular weight is 248 g/mol. The number of methoxy groups -OCH3 is 1. The number of aliphatic carboxylic acids is 1. The molecule has 0 amide bonds. The topological polar surface area (TPSA) is 81.9 Å². The third kappa shape index (κ3) is 2.04. The van der Waals surface area contributed by atoms with Gasteiger partial charge >= 0.3 is 0 Å². The molecule has 0 saturated heterocycles. The van der Waals surface area contributed by atoms with Crippen LogP contribution in [0.2, 0.25) is 0 Å². The highest BCUT2D eigenvalue weighted by atomic mass is 16.5. The quantitative estimate of drug-likeness (QED) is 0.760. The zero-order valence-electron chi connectivity index (χ0n) is 10.5. The average Bonchev–Trinajstić information content (AvgIpc) is 2.66. The van der Waals surface area contributed by atoms with Crippen LogP contribution in [0, 0.1) is 0 Å². The van der Waals surface area contributed by atoms with Crippen LogP contribution in [0.4, 0.5) is 0 Å². The first-order chi connectivity index (χ1) is 8.54. The Hall–Kier alpha value is -2.01. The summed E-state index contributed by atoms with van der Waals surface area (Å²) in [6.07, 6.45) is 2.27. The molecule has 1 heterocycles. The Morgan fingerprint density at radius 3 is 2.89 bits per heavy atom. The lowest BCUT2D eigenvalue weighted by Crippen LogP contribution is -2.69. The summed E-state index contributed by atoms with van der Waals surface area (Å²) < 4.78 is 7.24. The Morgan fingerprint density at radius 2 is 2.28 bits per heavy atom. The standard InChI is InChI=1S/C13H16N2O3/c1-15-7-8(6-10(14)13(16)17)9-4-3-5-11(18-2)12(9)15/h3-5,7,10H,6,14H2,1-2H3,(H,16,17)/t10-/m1/s1. The molecular weight excluding hydrogens is 232 g/mol. The molecule has 0 radical (unpaired) electrons. The summed E-state index contributed by atoms with van der Waals surface area (Å²) >= 11 is 0. The molecule has 0 aliphatic carbocycles. The number of benzene rings is 1. The molecule has 0 aliphatic heterocycles. The first kappa shape index (κ1) is 12.4. The number of quaternary nitrogens is 1. The van der Waals surface area contributed by atoms with Crippen molar-refractivity contribution in [2.75, 3.05) is 7.11 Å². The molecule has 1 aromatic heterocycles. The molecule has 0 fully saturated rings. The number of ether oxygens (including phenoxy) is 1. The van der Waals surface area contributed by atoms with Crippen LogP contribution in [0.15, 0.2) is 24.4 Å². The second kappa shape index (κ2) is 4.70. The fourth-order valence-corrected chi connectivity index (χ4v) is 2.19. The van der Waals surface area contributed by atoms with Crippen molar-refractivity contribution in [1.29, 1.82) is 0 Å². The van der Waals surface area contributed by atoms with E-state index in [1.807, 2.05) is 36.0 Å². The fourth-order valence-electron chi connectivity index (χ4n) is 2.19. The molecule has 0 aliphatic rings. The molecule has 18 heavy (non-hydrogen) atoms. The van der Waals surface area contributed by atoms with Gasteiger partial charge in [-0.3, -0.25) is 0 Å². The van der Waals surface area contributed by atoms with Gasteiger partial charge in [-0.2, -0.15) is 0 Å². The van der Waals surface area contributed by atoms with Crippen molar-refractivity contribution >= 4 is 16.9 Å². The maximum absolute atomic E-state index is 10.8. The van der Waals surface area contributed by atoms with Crippen LogP contribution < -0.4 is 15.6 Å². The van der Waals surface area contributed by atoms with Crippen molar-refractivity contribution in [3.63, 3.8) is 0 Å². The zero-order valence-corrected chi connectivity index (χ0v) is 10.5. The van der Waals surface area contributed by atoms with Crippen molar-refractivity contribution in [1.82, 2.24) is 4.57 Å². The zero-order chi connectivity index (χ0) is 13.3. The van der Waals surface area contributed by atoms with E-state index in [-0.39, 0.29) is 0 Å². The smallest absolute Gasteiger partial charge is 0.143 e. The van der Waals surface area contributed by atoms with E-state index in [2.05, 4.69) is 5.73 Å². The van der Waals surface area contributed by atoms with Crippen LogP contribution >= 0.6 is 0 Å². The molecule has 0 bridgehead atoms. The van der Waals surface area contributed by atoms with Gasteiger partial charge in [-0.1, -0.05) is 12.1 Å². The molecule has 0 saturated carbocycles. The number of hydrogen-bond donors (Lipinski definition) is 1. The summed E-state index contributed by atoms with van der Waals surface area (Å²) in [5.41, 5.74) is 5.49. The Bertz CT molecular complexity index is 589. The lowest BCUT2D eigenvalue weighted by Gasteiger charge is -2.08. The number of carbonyl (C=O) groups excluding carboxylic acids is 1. The largest absolute Gasteiger partial charge is 0.544 e. The van der Waals surface area contributed by atoms with Crippen molar-refractivity contribution in [3.05, 3.63) is 30.0 Å². The van der Waals surface area contributed by atoms with Crippen molar-refractivity contribution in [2.24, 2.45) is 7.05 Å². The highest BCUT2D eigenvalue weighted by Crippen LogP contribution is 2.29. The predicted octanol–water partition coefficient (Wildman–Crippen LogP) is -0.910. The summed E-state index contributed by atoms with van der Waals surface area (Å²) in [5.74, 6) is -0.356. The van der Waals surface area contributed by atoms with Gasteiger partial charge in [0, 0.05) is 25.1 Å². The summed E-state index contributed by atoms with van der Waals surface area (Å²) in [6.45, 7) is 0. The summed E-state index contributed by atoms with van der Waals surface area (Å²) in [4.78, 5) is 10.8. The van der Waals surface area contributed by atoms with Gasteiger partial charge in [0.1, 0.15) is 11.8 Å². The molecule has 0 spiro atoms. The molecule has 5 heteroatoms.